The molecular formula is C30H50O2. The molecule has 0 amide bonds. The molecular weight excluding hydrogens is 392 g/mol. The maximum atomic E-state index is 11.5. The molecule has 0 aromatic carbocycles. The van der Waals surface area contributed by atoms with Gasteiger partial charge in [0.25, 0.3) is 0 Å². The van der Waals surface area contributed by atoms with E-state index in [1.54, 1.807) is 0 Å². The van der Waals surface area contributed by atoms with Crippen molar-refractivity contribution in [2.75, 3.05) is 0 Å². The highest BCUT2D eigenvalue weighted by Gasteiger charge is 2.71. The molecule has 0 aliphatic heterocycles. The van der Waals surface area contributed by atoms with Crippen LogP contribution in [0.25, 0.3) is 0 Å². The summed E-state index contributed by atoms with van der Waals surface area (Å²) in [6, 6.07) is 0. The van der Waals surface area contributed by atoms with Crippen molar-refractivity contribution in [1.82, 2.24) is 0 Å². The Bertz CT molecular complexity index is 801. The lowest BCUT2D eigenvalue weighted by molar-refractivity contribution is -0.273. The van der Waals surface area contributed by atoms with Gasteiger partial charge in [-0.05, 0) is 110 Å². The van der Waals surface area contributed by atoms with Gasteiger partial charge in [0.15, 0.2) is 0 Å². The highest BCUT2D eigenvalue weighted by molar-refractivity contribution is 5.22. The SMILES string of the molecule is C=C(C)[C@@H]1CC[C@]2(C)CC[C@]3(C)[C@@H](CC[C@@H]4[C@@]5(C)[C@@H](O)C[C@H](O)C(C)(C)[C@@H]5CC[C@]43C)[C@@H]12. The lowest BCUT2D eigenvalue weighted by Gasteiger charge is -2.73. The standard InChI is InChI=1S/C30H50O2/c1-18(2)19-11-13-27(5)15-16-28(6)20(25(19)27)9-10-22-29(28,7)14-12-21-26(3,4)23(31)17-24(32)30(21,22)8/h19-25,31-32H,1,9-17H2,2-8H3/t19-,20-,21-,22-,23-,24-,25+,27+,28+,29+,30-/m0/s1. The molecule has 32 heavy (non-hydrogen) atoms. The number of fused-ring (bicyclic) bond motifs is 7. The van der Waals surface area contributed by atoms with Crippen LogP contribution in [0.1, 0.15) is 106 Å². The van der Waals surface area contributed by atoms with Crippen molar-refractivity contribution in [3.63, 3.8) is 0 Å². The summed E-state index contributed by atoms with van der Waals surface area (Å²) in [7, 11) is 0. The number of allylic oxidation sites excluding steroid dienone is 1. The van der Waals surface area contributed by atoms with Gasteiger partial charge in [0.1, 0.15) is 0 Å². The van der Waals surface area contributed by atoms with Crippen LogP contribution in [0.3, 0.4) is 0 Å². The second-order valence-electron chi connectivity index (χ2n) is 14.8. The first-order chi connectivity index (χ1) is 14.7. The number of aliphatic hydroxyl groups excluding tert-OH is 2. The Kier molecular flexibility index (Phi) is 5.02. The van der Waals surface area contributed by atoms with Crippen molar-refractivity contribution in [2.24, 2.45) is 56.7 Å². The van der Waals surface area contributed by atoms with Gasteiger partial charge in [-0.15, -0.1) is 0 Å². The largest absolute Gasteiger partial charge is 0.392 e. The van der Waals surface area contributed by atoms with E-state index in [0.717, 1.165) is 18.3 Å². The van der Waals surface area contributed by atoms with E-state index >= 15 is 0 Å². The third-order valence-electron chi connectivity index (χ3n) is 13.6. The Hall–Kier alpha value is -0.340. The van der Waals surface area contributed by atoms with Crippen LogP contribution in [0.15, 0.2) is 12.2 Å². The Balaban J connectivity index is 1.57. The van der Waals surface area contributed by atoms with Gasteiger partial charge in [-0.3, -0.25) is 0 Å². The first kappa shape index (κ1) is 23.4. The van der Waals surface area contributed by atoms with Crippen LogP contribution in [0.5, 0.6) is 0 Å². The zero-order valence-electron chi connectivity index (χ0n) is 22.0. The maximum Gasteiger partial charge on any atom is 0.0624 e. The molecule has 2 heteroatoms. The quantitative estimate of drug-likeness (QED) is 0.429. The fourth-order valence-corrected chi connectivity index (χ4v) is 11.4. The number of rotatable bonds is 1. The van der Waals surface area contributed by atoms with Crippen molar-refractivity contribution in [3.8, 4) is 0 Å². The second kappa shape index (κ2) is 6.87. The summed E-state index contributed by atoms with van der Waals surface area (Å²) in [6.07, 6.45) is 10.2. The van der Waals surface area contributed by atoms with Crippen LogP contribution in [0, 0.1) is 56.7 Å². The van der Waals surface area contributed by atoms with Crippen molar-refractivity contribution >= 4 is 0 Å². The van der Waals surface area contributed by atoms with E-state index in [2.05, 4.69) is 55.0 Å². The molecule has 5 aliphatic rings. The monoisotopic (exact) mass is 442 g/mol. The first-order valence-electron chi connectivity index (χ1n) is 13.7. The van der Waals surface area contributed by atoms with Gasteiger partial charge < -0.3 is 10.2 Å². The van der Waals surface area contributed by atoms with Crippen LogP contribution in [0.2, 0.25) is 0 Å². The molecule has 0 bridgehead atoms. The molecule has 5 aliphatic carbocycles. The number of aliphatic hydroxyl groups is 2. The Morgan fingerprint density at radius 2 is 1.44 bits per heavy atom. The summed E-state index contributed by atoms with van der Waals surface area (Å²) < 4.78 is 0. The molecule has 0 spiro atoms. The molecule has 5 saturated carbocycles. The third kappa shape index (κ3) is 2.61. The minimum Gasteiger partial charge on any atom is -0.392 e. The van der Waals surface area contributed by atoms with Gasteiger partial charge >= 0.3 is 0 Å². The Labute approximate surface area is 197 Å². The third-order valence-corrected chi connectivity index (χ3v) is 13.6. The lowest BCUT2D eigenvalue weighted by atomic mass is 9.32. The number of hydrogen-bond acceptors (Lipinski definition) is 2. The fraction of sp³-hybridized carbons (Fsp3) is 0.933. The zero-order chi connectivity index (χ0) is 23.5. The molecule has 0 saturated heterocycles. The molecule has 182 valence electrons. The van der Waals surface area contributed by atoms with Gasteiger partial charge in [0, 0.05) is 11.8 Å². The summed E-state index contributed by atoms with van der Waals surface area (Å²) in [5, 5.41) is 22.4. The van der Waals surface area contributed by atoms with Gasteiger partial charge in [-0.2, -0.15) is 0 Å². The topological polar surface area (TPSA) is 40.5 Å². The van der Waals surface area contributed by atoms with Gasteiger partial charge in [-0.1, -0.05) is 53.7 Å². The van der Waals surface area contributed by atoms with Crippen LogP contribution in [-0.2, 0) is 0 Å². The first-order valence-corrected chi connectivity index (χ1v) is 13.7. The van der Waals surface area contributed by atoms with E-state index in [4.69, 9.17) is 0 Å². The molecule has 0 aromatic rings. The summed E-state index contributed by atoms with van der Waals surface area (Å²) in [5.74, 6) is 3.22. The molecule has 5 fully saturated rings. The van der Waals surface area contributed by atoms with Crippen LogP contribution >= 0.6 is 0 Å². The molecule has 11 atom stereocenters. The molecule has 2 N–H and O–H groups in total. The van der Waals surface area contributed by atoms with Gasteiger partial charge in [-0.25, -0.2) is 0 Å². The fourth-order valence-electron chi connectivity index (χ4n) is 11.4. The molecule has 0 radical (unpaired) electrons. The Morgan fingerprint density at radius 1 is 0.750 bits per heavy atom. The van der Waals surface area contributed by atoms with E-state index < -0.39 is 6.10 Å². The normalized spacial score (nSPS) is 58.8. The van der Waals surface area contributed by atoms with Crippen LogP contribution in [0.4, 0.5) is 0 Å². The van der Waals surface area contributed by atoms with Crippen molar-refractivity contribution < 1.29 is 10.2 Å². The summed E-state index contributed by atoms with van der Waals surface area (Å²) in [4.78, 5) is 0. The van der Waals surface area contributed by atoms with Gasteiger partial charge in [0.2, 0.25) is 0 Å². The molecule has 2 nitrogen and oxygen atoms in total. The second-order valence-corrected chi connectivity index (χ2v) is 14.8. The van der Waals surface area contributed by atoms with E-state index in [-0.39, 0.29) is 22.3 Å². The van der Waals surface area contributed by atoms with Gasteiger partial charge in [0.05, 0.1) is 12.2 Å². The smallest absolute Gasteiger partial charge is 0.0624 e. The van der Waals surface area contributed by atoms with Crippen molar-refractivity contribution in [1.29, 1.82) is 0 Å². The van der Waals surface area contributed by atoms with Crippen LogP contribution in [-0.4, -0.2) is 22.4 Å². The average molecular weight is 443 g/mol. The summed E-state index contributed by atoms with van der Waals surface area (Å²) in [6.45, 7) is 21.6. The van der Waals surface area contributed by atoms with E-state index in [0.29, 0.717) is 35.0 Å². The minimum atomic E-state index is -0.392. The van der Waals surface area contributed by atoms with E-state index in [9.17, 15) is 10.2 Å². The molecule has 0 aromatic heterocycles. The van der Waals surface area contributed by atoms with Crippen molar-refractivity contribution in [3.05, 3.63) is 12.2 Å². The van der Waals surface area contributed by atoms with E-state index in [1.807, 2.05) is 0 Å². The lowest BCUT2D eigenvalue weighted by Crippen LogP contribution is -2.69. The molecule has 0 heterocycles. The highest BCUT2D eigenvalue weighted by atomic mass is 16.3. The number of hydrogen-bond donors (Lipinski definition) is 2. The predicted octanol–water partition coefficient (Wildman–Crippen LogP) is 7.00. The average Bonchev–Trinajstić information content (AvgIpc) is 3.05. The van der Waals surface area contributed by atoms with Crippen LogP contribution < -0.4 is 0 Å². The Morgan fingerprint density at radius 3 is 2.09 bits per heavy atom. The van der Waals surface area contributed by atoms with Crippen molar-refractivity contribution in [2.45, 2.75) is 118 Å². The maximum absolute atomic E-state index is 11.5. The zero-order valence-corrected chi connectivity index (χ0v) is 22.0. The van der Waals surface area contributed by atoms with E-state index in [1.165, 1.54) is 50.5 Å². The summed E-state index contributed by atoms with van der Waals surface area (Å²) >= 11 is 0. The predicted molar refractivity (Wildman–Crippen MR) is 132 cm³/mol. The summed E-state index contributed by atoms with van der Waals surface area (Å²) in [5.41, 5.74) is 2.32. The molecule has 0 unspecified atom stereocenters. The minimum absolute atomic E-state index is 0.0894. The molecule has 5 rings (SSSR count). The highest BCUT2D eigenvalue weighted by Crippen LogP contribution is 2.77.